The highest BCUT2D eigenvalue weighted by Crippen LogP contribution is 2.21. The molecule has 0 spiro atoms. The van der Waals surface area contributed by atoms with Crippen molar-refractivity contribution in [3.05, 3.63) is 47.3 Å². The van der Waals surface area contributed by atoms with Gasteiger partial charge in [-0.15, -0.1) is 0 Å². The van der Waals surface area contributed by atoms with Gasteiger partial charge >= 0.3 is 0 Å². The van der Waals surface area contributed by atoms with E-state index >= 15 is 0 Å². The molecule has 0 aromatic carbocycles. The van der Waals surface area contributed by atoms with E-state index in [1.807, 2.05) is 16.7 Å². The van der Waals surface area contributed by atoms with Gasteiger partial charge in [-0.1, -0.05) is 19.4 Å². The number of nitrogens with zero attached hydrogens (tertiary/aromatic N) is 3. The second kappa shape index (κ2) is 8.60. The second-order valence-electron chi connectivity index (χ2n) is 6.49. The van der Waals surface area contributed by atoms with Crippen molar-refractivity contribution in [1.82, 2.24) is 25.2 Å². The molecule has 0 aliphatic carbocycles. The molecule has 3 heterocycles. The van der Waals surface area contributed by atoms with Crippen LogP contribution in [0.5, 0.6) is 0 Å². The molecule has 1 aliphatic rings. The minimum Gasteiger partial charge on any atom is -0.349 e. The number of nitrogens with one attached hydrogen (secondary N) is 2. The number of aromatic nitrogens is 3. The van der Waals surface area contributed by atoms with Crippen LogP contribution < -0.4 is 10.6 Å². The van der Waals surface area contributed by atoms with E-state index in [9.17, 15) is 9.59 Å². The molecule has 0 saturated heterocycles. The van der Waals surface area contributed by atoms with E-state index in [2.05, 4.69) is 27.5 Å². The van der Waals surface area contributed by atoms with Gasteiger partial charge in [-0.3, -0.25) is 14.6 Å². The van der Waals surface area contributed by atoms with Crippen LogP contribution in [-0.4, -0.2) is 32.9 Å². The summed E-state index contributed by atoms with van der Waals surface area (Å²) in [5, 5.41) is 5.78. The van der Waals surface area contributed by atoms with E-state index in [1.165, 1.54) is 0 Å². The van der Waals surface area contributed by atoms with Gasteiger partial charge in [-0.25, -0.2) is 4.98 Å². The fraction of sp³-hybridized carbons (Fsp3) is 0.474. The quantitative estimate of drug-likeness (QED) is 0.744. The molecule has 1 aliphatic heterocycles. The monoisotopic (exact) mass is 355 g/mol. The van der Waals surface area contributed by atoms with E-state index in [0.29, 0.717) is 24.6 Å². The van der Waals surface area contributed by atoms with Crippen molar-refractivity contribution in [3.8, 4) is 0 Å². The molecule has 0 saturated carbocycles. The summed E-state index contributed by atoms with van der Waals surface area (Å²) < 4.78 is 1.91. The predicted molar refractivity (Wildman–Crippen MR) is 97.8 cm³/mol. The Labute approximate surface area is 153 Å². The van der Waals surface area contributed by atoms with Gasteiger partial charge in [-0.05, 0) is 37.3 Å². The van der Waals surface area contributed by atoms with Gasteiger partial charge in [0.05, 0.1) is 5.69 Å². The van der Waals surface area contributed by atoms with Crippen LogP contribution in [0.3, 0.4) is 0 Å². The molecule has 0 atom stereocenters. The molecule has 0 fully saturated rings. The van der Waals surface area contributed by atoms with Crippen molar-refractivity contribution in [2.75, 3.05) is 6.54 Å². The summed E-state index contributed by atoms with van der Waals surface area (Å²) in [5.41, 5.74) is 2.15. The first-order valence-corrected chi connectivity index (χ1v) is 9.25. The zero-order valence-electron chi connectivity index (χ0n) is 15.1. The van der Waals surface area contributed by atoms with Gasteiger partial charge in [0.2, 0.25) is 0 Å². The Morgan fingerprint density at radius 1 is 1.23 bits per heavy atom. The van der Waals surface area contributed by atoms with Crippen LogP contribution in [0, 0.1) is 0 Å². The van der Waals surface area contributed by atoms with Crippen molar-refractivity contribution in [2.24, 2.45) is 0 Å². The molecule has 2 aromatic heterocycles. The summed E-state index contributed by atoms with van der Waals surface area (Å²) in [4.78, 5) is 33.6. The molecular formula is C19H25N5O2. The summed E-state index contributed by atoms with van der Waals surface area (Å²) in [6.07, 6.45) is 8.13. The number of unbranched alkanes of at least 4 members (excludes halogenated alkanes) is 1. The average molecular weight is 355 g/mol. The number of rotatable bonds is 7. The van der Waals surface area contributed by atoms with Crippen LogP contribution in [-0.2, 0) is 19.5 Å². The fourth-order valence-electron chi connectivity index (χ4n) is 3.12. The number of carbonyl (C=O) groups is 2. The number of amides is 2. The van der Waals surface area contributed by atoms with Gasteiger partial charge < -0.3 is 15.2 Å². The summed E-state index contributed by atoms with van der Waals surface area (Å²) in [7, 11) is 0. The van der Waals surface area contributed by atoms with Crippen LogP contribution in [0.4, 0.5) is 0 Å². The molecule has 2 N–H and O–H groups in total. The number of pyridine rings is 1. The highest BCUT2D eigenvalue weighted by atomic mass is 16.2. The second-order valence-corrected chi connectivity index (χ2v) is 6.49. The van der Waals surface area contributed by atoms with Crippen LogP contribution in [0.15, 0.2) is 24.5 Å². The normalized spacial score (nSPS) is 13.1. The van der Waals surface area contributed by atoms with Crippen LogP contribution in [0.2, 0.25) is 0 Å². The molecule has 26 heavy (non-hydrogen) atoms. The highest BCUT2D eigenvalue weighted by Gasteiger charge is 2.27. The number of hydrogen-bond acceptors (Lipinski definition) is 4. The Balaban J connectivity index is 1.76. The number of carbonyl (C=O) groups excluding carboxylic acids is 2. The molecule has 3 rings (SSSR count). The molecule has 7 nitrogen and oxygen atoms in total. The third-order valence-corrected chi connectivity index (χ3v) is 4.53. The van der Waals surface area contributed by atoms with Crippen molar-refractivity contribution in [2.45, 2.75) is 52.1 Å². The van der Waals surface area contributed by atoms with Gasteiger partial charge in [0.25, 0.3) is 11.8 Å². The molecule has 2 aromatic rings. The first-order valence-electron chi connectivity index (χ1n) is 9.25. The third-order valence-electron chi connectivity index (χ3n) is 4.53. The highest BCUT2D eigenvalue weighted by molar-refractivity contribution is 5.97. The number of imidazole rings is 1. The lowest BCUT2D eigenvalue weighted by molar-refractivity contribution is 0.0937. The average Bonchev–Trinajstić information content (AvgIpc) is 3.07. The Hall–Kier alpha value is -2.70. The standard InChI is InChI=1S/C19H25N5O2/c1-2-3-10-21-19(26)17-23-16(15-8-4-5-11-24(15)17)18(25)22-13-14-7-6-9-20-12-14/h6-7,9,12H,2-5,8,10-11,13H2,1H3,(H,21,26)(H,22,25). The largest absolute Gasteiger partial charge is 0.349 e. The maximum absolute atomic E-state index is 12.6. The Morgan fingerprint density at radius 2 is 2.12 bits per heavy atom. The van der Waals surface area contributed by atoms with Crippen LogP contribution >= 0.6 is 0 Å². The van der Waals surface area contributed by atoms with Gasteiger partial charge in [0, 0.05) is 32.0 Å². The van der Waals surface area contributed by atoms with Gasteiger partial charge in [-0.2, -0.15) is 0 Å². The smallest absolute Gasteiger partial charge is 0.287 e. The lowest BCUT2D eigenvalue weighted by Gasteiger charge is -2.17. The van der Waals surface area contributed by atoms with Gasteiger partial charge in [0.15, 0.2) is 5.82 Å². The van der Waals surface area contributed by atoms with Crippen molar-refractivity contribution in [1.29, 1.82) is 0 Å². The first-order chi connectivity index (χ1) is 12.7. The minimum atomic E-state index is -0.243. The summed E-state index contributed by atoms with van der Waals surface area (Å²) >= 11 is 0. The minimum absolute atomic E-state index is 0.201. The van der Waals surface area contributed by atoms with E-state index < -0.39 is 0 Å². The lowest BCUT2D eigenvalue weighted by Crippen LogP contribution is -2.28. The zero-order chi connectivity index (χ0) is 18.4. The molecule has 2 amide bonds. The molecule has 138 valence electrons. The maximum Gasteiger partial charge on any atom is 0.287 e. The van der Waals surface area contributed by atoms with E-state index in [4.69, 9.17) is 0 Å². The first kappa shape index (κ1) is 18.1. The van der Waals surface area contributed by atoms with Crippen LogP contribution in [0.25, 0.3) is 0 Å². The van der Waals surface area contributed by atoms with E-state index in [1.54, 1.807) is 12.4 Å². The van der Waals surface area contributed by atoms with Crippen molar-refractivity contribution in [3.63, 3.8) is 0 Å². The summed E-state index contributed by atoms with van der Waals surface area (Å²) in [6, 6.07) is 3.74. The SMILES string of the molecule is CCCCNC(=O)c1nc(C(=O)NCc2cccnc2)c2n1CCCC2. The molecule has 0 radical (unpaired) electrons. The van der Waals surface area contributed by atoms with Crippen molar-refractivity contribution >= 4 is 11.8 Å². The fourth-order valence-corrected chi connectivity index (χ4v) is 3.12. The topological polar surface area (TPSA) is 88.9 Å². The summed E-state index contributed by atoms with van der Waals surface area (Å²) in [5.74, 6) is -0.0950. The third kappa shape index (κ3) is 4.09. The Bertz CT molecular complexity index is 770. The summed E-state index contributed by atoms with van der Waals surface area (Å²) in [6.45, 7) is 3.82. The molecule has 7 heteroatoms. The lowest BCUT2D eigenvalue weighted by atomic mass is 10.1. The van der Waals surface area contributed by atoms with E-state index in [0.717, 1.165) is 49.9 Å². The zero-order valence-corrected chi connectivity index (χ0v) is 15.1. The van der Waals surface area contributed by atoms with Gasteiger partial charge in [0.1, 0.15) is 5.69 Å². The maximum atomic E-state index is 12.6. The molecule has 0 bridgehead atoms. The molecule has 0 unspecified atom stereocenters. The number of hydrogen-bond donors (Lipinski definition) is 2. The molecular weight excluding hydrogens is 330 g/mol. The Kier molecular flexibility index (Phi) is 5.99. The van der Waals surface area contributed by atoms with Crippen LogP contribution in [0.1, 0.15) is 65.0 Å². The Morgan fingerprint density at radius 3 is 2.88 bits per heavy atom. The predicted octanol–water partition coefficient (Wildman–Crippen LogP) is 2.07. The van der Waals surface area contributed by atoms with E-state index in [-0.39, 0.29) is 11.8 Å². The number of fused-ring (bicyclic) bond motifs is 1. The van der Waals surface area contributed by atoms with Crippen molar-refractivity contribution < 1.29 is 9.59 Å².